The Morgan fingerprint density at radius 3 is 1.95 bits per heavy atom. The number of hydrogen-bond donors (Lipinski definition) is 2. The highest BCUT2D eigenvalue weighted by molar-refractivity contribution is 6.03. The number of aromatic carboxylic acids is 2. The first-order valence-electron chi connectivity index (χ1n) is 5.24. The summed E-state index contributed by atoms with van der Waals surface area (Å²) in [6.45, 7) is 0. The third kappa shape index (κ3) is 3.07. The molecule has 1 rings (SSSR count). The summed E-state index contributed by atoms with van der Waals surface area (Å²) in [5.41, 5.74) is -2.44. The van der Waals surface area contributed by atoms with Crippen molar-refractivity contribution in [2.75, 3.05) is 0 Å². The molecular weight excluding hydrogens is 326 g/mol. The van der Waals surface area contributed by atoms with Gasteiger partial charge in [0.25, 0.3) is 0 Å². The maximum absolute atomic E-state index is 13.4. The zero-order valence-electron chi connectivity index (χ0n) is 10.2. The Labute approximate surface area is 117 Å². The van der Waals surface area contributed by atoms with E-state index in [1.165, 1.54) is 0 Å². The number of alkyl halides is 6. The van der Waals surface area contributed by atoms with E-state index in [1.807, 2.05) is 0 Å². The summed E-state index contributed by atoms with van der Waals surface area (Å²) >= 11 is 0. The Morgan fingerprint density at radius 1 is 1.05 bits per heavy atom. The molecular formula is C11H6F6O5. The molecule has 0 aliphatic carbocycles. The van der Waals surface area contributed by atoms with E-state index in [0.717, 1.165) is 0 Å². The minimum atomic E-state index is -6.18. The van der Waals surface area contributed by atoms with Gasteiger partial charge in [0.2, 0.25) is 0 Å². The van der Waals surface area contributed by atoms with Gasteiger partial charge in [0.1, 0.15) is 11.3 Å². The molecule has 0 bridgehead atoms. The van der Waals surface area contributed by atoms with Crippen molar-refractivity contribution in [2.45, 2.75) is 18.5 Å². The lowest BCUT2D eigenvalue weighted by Gasteiger charge is -2.28. The number of hydrogen-bond acceptors (Lipinski definition) is 3. The Hall–Kier alpha value is -2.46. The van der Waals surface area contributed by atoms with Crippen LogP contribution < -0.4 is 4.74 Å². The number of rotatable bonds is 5. The highest BCUT2D eigenvalue weighted by atomic mass is 19.4. The normalized spacial score (nSPS) is 14.5. The molecule has 1 aromatic rings. The molecule has 0 saturated carbocycles. The highest BCUT2D eigenvalue weighted by Crippen LogP contribution is 2.41. The van der Waals surface area contributed by atoms with Gasteiger partial charge in [-0.05, 0) is 12.1 Å². The molecule has 1 aromatic carbocycles. The smallest absolute Gasteiger partial charge is 0.466 e. The minimum absolute atomic E-state index is 0.429. The molecule has 0 aromatic heterocycles. The summed E-state index contributed by atoms with van der Waals surface area (Å²) in [6.07, 6.45) is -10.9. The summed E-state index contributed by atoms with van der Waals surface area (Å²) < 4.78 is 78.9. The molecule has 0 radical (unpaired) electrons. The second-order valence-corrected chi connectivity index (χ2v) is 3.83. The lowest BCUT2D eigenvalue weighted by molar-refractivity contribution is -0.340. The van der Waals surface area contributed by atoms with Gasteiger partial charge in [-0.3, -0.25) is 0 Å². The first-order valence-corrected chi connectivity index (χ1v) is 5.24. The van der Waals surface area contributed by atoms with Crippen LogP contribution in [0.3, 0.4) is 0 Å². The molecule has 11 heteroatoms. The Morgan fingerprint density at radius 2 is 1.59 bits per heavy atom. The van der Waals surface area contributed by atoms with Crippen molar-refractivity contribution < 1.29 is 50.9 Å². The summed E-state index contributed by atoms with van der Waals surface area (Å²) in [7, 11) is 0. The van der Waals surface area contributed by atoms with Crippen molar-refractivity contribution in [3.63, 3.8) is 0 Å². The van der Waals surface area contributed by atoms with Crippen LogP contribution in [-0.4, -0.2) is 40.6 Å². The van der Waals surface area contributed by atoms with Crippen molar-refractivity contribution in [1.82, 2.24) is 0 Å². The van der Waals surface area contributed by atoms with E-state index in [0.29, 0.717) is 18.2 Å². The third-order valence-corrected chi connectivity index (χ3v) is 2.40. The monoisotopic (exact) mass is 332 g/mol. The molecule has 5 nitrogen and oxygen atoms in total. The fourth-order valence-electron chi connectivity index (χ4n) is 1.40. The molecule has 0 amide bonds. The van der Waals surface area contributed by atoms with Crippen LogP contribution in [-0.2, 0) is 0 Å². The van der Waals surface area contributed by atoms with Crippen LogP contribution in [0.25, 0.3) is 0 Å². The highest BCUT2D eigenvalue weighted by Gasteiger charge is 2.66. The SMILES string of the molecule is O=C(O)c1cccc(OC(F)(C(F)F)C(F)(F)F)c1C(=O)O. The number of carboxylic acids is 2. The lowest BCUT2D eigenvalue weighted by atomic mass is 10.1. The van der Waals surface area contributed by atoms with E-state index >= 15 is 0 Å². The minimum Gasteiger partial charge on any atom is -0.478 e. The molecule has 0 spiro atoms. The van der Waals surface area contributed by atoms with Gasteiger partial charge < -0.3 is 14.9 Å². The predicted octanol–water partition coefficient (Wildman–Crippen LogP) is 2.96. The van der Waals surface area contributed by atoms with Crippen LogP contribution in [0.1, 0.15) is 20.7 Å². The van der Waals surface area contributed by atoms with Crippen molar-refractivity contribution in [2.24, 2.45) is 0 Å². The Kier molecular flexibility index (Phi) is 4.58. The lowest BCUT2D eigenvalue weighted by Crippen LogP contribution is -2.52. The molecule has 1 unspecified atom stereocenters. The fourth-order valence-corrected chi connectivity index (χ4v) is 1.40. The molecule has 22 heavy (non-hydrogen) atoms. The summed E-state index contributed by atoms with van der Waals surface area (Å²) in [4.78, 5) is 21.7. The maximum Gasteiger partial charge on any atom is 0.466 e. The van der Waals surface area contributed by atoms with Crippen LogP contribution in [0.5, 0.6) is 5.75 Å². The van der Waals surface area contributed by atoms with Gasteiger partial charge in [-0.15, -0.1) is 0 Å². The first-order chi connectivity index (χ1) is 9.91. The summed E-state index contributed by atoms with van der Waals surface area (Å²) in [5.74, 6) is -11.0. The topological polar surface area (TPSA) is 83.8 Å². The Bertz CT molecular complexity index is 599. The van der Waals surface area contributed by atoms with E-state index in [1.54, 1.807) is 0 Å². The second-order valence-electron chi connectivity index (χ2n) is 3.83. The maximum atomic E-state index is 13.4. The zero-order valence-corrected chi connectivity index (χ0v) is 10.2. The van der Waals surface area contributed by atoms with Crippen LogP contribution in [0, 0.1) is 0 Å². The fraction of sp³-hybridized carbons (Fsp3) is 0.273. The van der Waals surface area contributed by atoms with Gasteiger partial charge in [0, 0.05) is 0 Å². The number of benzene rings is 1. The van der Waals surface area contributed by atoms with Crippen molar-refractivity contribution in [1.29, 1.82) is 0 Å². The largest absolute Gasteiger partial charge is 0.478 e. The molecule has 0 aliphatic rings. The molecule has 1 atom stereocenters. The van der Waals surface area contributed by atoms with Crippen molar-refractivity contribution >= 4 is 11.9 Å². The average molecular weight is 332 g/mol. The number of carboxylic acid groups (broad SMARTS) is 2. The van der Waals surface area contributed by atoms with Crippen LogP contribution in [0.4, 0.5) is 26.3 Å². The molecule has 0 aliphatic heterocycles. The number of carbonyl (C=O) groups is 2. The van der Waals surface area contributed by atoms with E-state index in [4.69, 9.17) is 10.2 Å². The van der Waals surface area contributed by atoms with Gasteiger partial charge in [-0.2, -0.15) is 17.6 Å². The standard InChI is InChI=1S/C11H6F6O5/c12-9(13)10(14,11(15,16)17)22-5-3-1-2-4(7(18)19)6(5)8(20)21/h1-3,9H,(H,18,19)(H,20,21). The van der Waals surface area contributed by atoms with E-state index in [2.05, 4.69) is 4.74 Å². The number of halogens is 6. The summed E-state index contributed by atoms with van der Waals surface area (Å²) in [6, 6.07) is 1.82. The van der Waals surface area contributed by atoms with Crippen molar-refractivity contribution in [3.05, 3.63) is 29.3 Å². The van der Waals surface area contributed by atoms with Crippen LogP contribution >= 0.6 is 0 Å². The predicted molar refractivity (Wildman–Crippen MR) is 56.9 cm³/mol. The third-order valence-electron chi connectivity index (χ3n) is 2.40. The van der Waals surface area contributed by atoms with Gasteiger partial charge in [0.15, 0.2) is 0 Å². The van der Waals surface area contributed by atoms with Gasteiger partial charge >= 0.3 is 30.4 Å². The van der Waals surface area contributed by atoms with Crippen molar-refractivity contribution in [3.8, 4) is 5.75 Å². The quantitative estimate of drug-likeness (QED) is 0.810. The second kappa shape index (κ2) is 5.73. The van der Waals surface area contributed by atoms with Crippen LogP contribution in [0.15, 0.2) is 18.2 Å². The van der Waals surface area contributed by atoms with Gasteiger partial charge in [-0.25, -0.2) is 18.4 Å². The molecule has 2 N–H and O–H groups in total. The zero-order chi connectivity index (χ0) is 17.3. The molecule has 0 heterocycles. The number of ether oxygens (including phenoxy) is 1. The van der Waals surface area contributed by atoms with Gasteiger partial charge in [-0.1, -0.05) is 6.07 Å². The molecule has 0 fully saturated rings. The average Bonchev–Trinajstić information content (AvgIpc) is 2.36. The summed E-state index contributed by atoms with van der Waals surface area (Å²) in [5, 5.41) is 17.5. The Balaban J connectivity index is 3.48. The van der Waals surface area contributed by atoms with E-state index < -0.39 is 47.3 Å². The first kappa shape index (κ1) is 17.6. The van der Waals surface area contributed by atoms with Crippen LogP contribution in [0.2, 0.25) is 0 Å². The van der Waals surface area contributed by atoms with E-state index in [-0.39, 0.29) is 0 Å². The van der Waals surface area contributed by atoms with Gasteiger partial charge in [0.05, 0.1) is 5.56 Å². The molecule has 0 saturated heterocycles. The molecule has 122 valence electrons. The van der Waals surface area contributed by atoms with E-state index in [9.17, 15) is 35.9 Å².